The number of amides is 3. The molecule has 1 aromatic rings. The molecule has 1 aliphatic carbocycles. The van der Waals surface area contributed by atoms with Crippen LogP contribution in [0.4, 0.5) is 4.79 Å². The molecule has 1 aliphatic rings. The molecule has 2 N–H and O–H groups in total. The van der Waals surface area contributed by atoms with Gasteiger partial charge in [0.2, 0.25) is 11.8 Å². The maximum absolute atomic E-state index is 14.2. The van der Waals surface area contributed by atoms with Gasteiger partial charge in [0.15, 0.2) is 0 Å². The molecule has 1 saturated carbocycles. The first-order valence-corrected chi connectivity index (χ1v) is 13.5. The third kappa shape index (κ3) is 9.10. The molecular weight excluding hydrogens is 466 g/mol. The number of carbonyl (C=O) groups excluding carboxylic acids is 3. The minimum atomic E-state index is -0.844. The quantitative estimate of drug-likeness (QED) is 0.400. The standard InChI is InChI=1S/C30H45N3O4/c1-10-12-21(6)31-27(34)26(23-15-13-22(11-2)14-16-23)33(25-18-20(25)5)28(35)24(17-19(3)4)32-29(36)37-30(7,8)9/h2,13-16,19-21,24-26H,10,12,17-18H2,1,3-9H3,(H,31,34)(H,32,36). The van der Waals surface area contributed by atoms with Crippen molar-refractivity contribution < 1.29 is 19.1 Å². The lowest BCUT2D eigenvalue weighted by Gasteiger charge is -2.36. The normalized spacial score (nSPS) is 19.2. The molecule has 7 heteroatoms. The fraction of sp³-hybridized carbons (Fsp3) is 0.633. The van der Waals surface area contributed by atoms with Crippen molar-refractivity contribution in [1.82, 2.24) is 15.5 Å². The van der Waals surface area contributed by atoms with Crippen LogP contribution in [0.3, 0.4) is 0 Å². The maximum Gasteiger partial charge on any atom is 0.408 e. The molecule has 5 atom stereocenters. The van der Waals surface area contributed by atoms with Gasteiger partial charge in [-0.3, -0.25) is 9.59 Å². The average molecular weight is 512 g/mol. The SMILES string of the molecule is C#Cc1ccc(C(C(=O)NC(C)CCC)N(C(=O)C(CC(C)C)NC(=O)OC(C)(C)C)C2CC2C)cc1. The molecule has 204 valence electrons. The van der Waals surface area contributed by atoms with E-state index in [-0.39, 0.29) is 35.7 Å². The Balaban J connectivity index is 2.50. The van der Waals surface area contributed by atoms with E-state index in [0.717, 1.165) is 19.3 Å². The monoisotopic (exact) mass is 511 g/mol. The number of hydrogen-bond donors (Lipinski definition) is 2. The van der Waals surface area contributed by atoms with Crippen LogP contribution in [0.15, 0.2) is 24.3 Å². The number of rotatable bonds is 11. The molecule has 5 unspecified atom stereocenters. The van der Waals surface area contributed by atoms with E-state index in [1.54, 1.807) is 37.8 Å². The van der Waals surface area contributed by atoms with Crippen molar-refractivity contribution >= 4 is 17.9 Å². The van der Waals surface area contributed by atoms with Crippen LogP contribution in [0.25, 0.3) is 0 Å². The number of nitrogens with one attached hydrogen (secondary N) is 2. The molecule has 0 bridgehead atoms. The Morgan fingerprint density at radius 3 is 2.19 bits per heavy atom. The third-order valence-corrected chi connectivity index (χ3v) is 6.40. The van der Waals surface area contributed by atoms with Gasteiger partial charge in [0.1, 0.15) is 17.7 Å². The Hall–Kier alpha value is -3.01. The van der Waals surface area contributed by atoms with E-state index >= 15 is 0 Å². The van der Waals surface area contributed by atoms with Gasteiger partial charge in [-0.1, -0.05) is 52.2 Å². The number of terminal acetylenes is 1. The van der Waals surface area contributed by atoms with Crippen molar-refractivity contribution in [1.29, 1.82) is 0 Å². The molecule has 0 aromatic heterocycles. The molecule has 0 spiro atoms. The van der Waals surface area contributed by atoms with E-state index in [2.05, 4.69) is 30.4 Å². The Morgan fingerprint density at radius 1 is 1.14 bits per heavy atom. The second-order valence-corrected chi connectivity index (χ2v) is 11.7. The first-order valence-electron chi connectivity index (χ1n) is 13.5. The molecule has 1 aromatic carbocycles. The van der Waals surface area contributed by atoms with Crippen molar-refractivity contribution in [3.8, 4) is 12.3 Å². The summed E-state index contributed by atoms with van der Waals surface area (Å²) in [5.74, 6) is 2.47. The van der Waals surface area contributed by atoms with Crippen LogP contribution in [0.5, 0.6) is 0 Å². The van der Waals surface area contributed by atoms with Crippen LogP contribution in [0.2, 0.25) is 0 Å². The van der Waals surface area contributed by atoms with Crippen molar-refractivity contribution in [2.24, 2.45) is 11.8 Å². The first-order chi connectivity index (χ1) is 17.3. The van der Waals surface area contributed by atoms with Crippen LogP contribution in [0, 0.1) is 24.2 Å². The largest absolute Gasteiger partial charge is 0.444 e. The Bertz CT molecular complexity index is 974. The van der Waals surface area contributed by atoms with Crippen molar-refractivity contribution in [3.63, 3.8) is 0 Å². The highest BCUT2D eigenvalue weighted by atomic mass is 16.6. The summed E-state index contributed by atoms with van der Waals surface area (Å²) in [6, 6.07) is 5.40. The van der Waals surface area contributed by atoms with Gasteiger partial charge >= 0.3 is 6.09 Å². The first kappa shape index (κ1) is 30.2. The summed E-state index contributed by atoms with van der Waals surface area (Å²) in [5, 5.41) is 5.90. The molecule has 0 heterocycles. The zero-order chi connectivity index (χ0) is 27.9. The van der Waals surface area contributed by atoms with Gasteiger partial charge in [-0.2, -0.15) is 0 Å². The lowest BCUT2D eigenvalue weighted by molar-refractivity contribution is -0.144. The van der Waals surface area contributed by atoms with Crippen molar-refractivity contribution in [2.75, 3.05) is 0 Å². The number of benzene rings is 1. The fourth-order valence-electron chi connectivity index (χ4n) is 4.52. The molecule has 37 heavy (non-hydrogen) atoms. The van der Waals surface area contributed by atoms with Gasteiger partial charge in [0, 0.05) is 17.6 Å². The van der Waals surface area contributed by atoms with Crippen LogP contribution >= 0.6 is 0 Å². The van der Waals surface area contributed by atoms with E-state index in [4.69, 9.17) is 11.2 Å². The molecule has 0 radical (unpaired) electrons. The number of nitrogens with zero attached hydrogens (tertiary/aromatic N) is 1. The number of alkyl carbamates (subject to hydrolysis) is 1. The van der Waals surface area contributed by atoms with Crippen LogP contribution in [-0.4, -0.2) is 46.5 Å². The van der Waals surface area contributed by atoms with E-state index in [9.17, 15) is 14.4 Å². The minimum absolute atomic E-state index is 0.0371. The number of carbonyl (C=O) groups is 3. The van der Waals surface area contributed by atoms with E-state index < -0.39 is 23.8 Å². The Morgan fingerprint density at radius 2 is 1.73 bits per heavy atom. The number of ether oxygens (including phenoxy) is 1. The second kappa shape index (κ2) is 13.0. The van der Waals surface area contributed by atoms with Crippen molar-refractivity contribution in [3.05, 3.63) is 35.4 Å². The highest BCUT2D eigenvalue weighted by molar-refractivity contribution is 5.92. The smallest absolute Gasteiger partial charge is 0.408 e. The van der Waals surface area contributed by atoms with Crippen LogP contribution in [-0.2, 0) is 14.3 Å². The summed E-state index contributed by atoms with van der Waals surface area (Å²) in [6.07, 6.45) is 7.88. The zero-order valence-electron chi connectivity index (χ0n) is 23.8. The van der Waals surface area contributed by atoms with Crippen molar-refractivity contribution in [2.45, 2.75) is 111 Å². The summed E-state index contributed by atoms with van der Waals surface area (Å²) in [5.41, 5.74) is 0.689. The van der Waals surface area contributed by atoms with Gasteiger partial charge in [-0.25, -0.2) is 4.79 Å². The van der Waals surface area contributed by atoms with Crippen LogP contribution in [0.1, 0.15) is 98.2 Å². The lowest BCUT2D eigenvalue weighted by Crippen LogP contribution is -2.55. The highest BCUT2D eigenvalue weighted by Crippen LogP contribution is 2.41. The average Bonchev–Trinajstić information content (AvgIpc) is 3.50. The molecule has 2 rings (SSSR count). The van der Waals surface area contributed by atoms with E-state index in [1.807, 2.05) is 32.9 Å². The predicted octanol–water partition coefficient (Wildman–Crippen LogP) is 5.19. The lowest BCUT2D eigenvalue weighted by atomic mass is 9.98. The molecule has 0 aliphatic heterocycles. The fourth-order valence-corrected chi connectivity index (χ4v) is 4.52. The zero-order valence-corrected chi connectivity index (χ0v) is 23.8. The summed E-state index contributed by atoms with van der Waals surface area (Å²) in [6.45, 7) is 15.4. The molecule has 3 amide bonds. The summed E-state index contributed by atoms with van der Waals surface area (Å²) < 4.78 is 5.46. The Labute approximate surface area is 223 Å². The molecule has 7 nitrogen and oxygen atoms in total. The number of hydrogen-bond acceptors (Lipinski definition) is 4. The molecular formula is C30H45N3O4. The summed E-state index contributed by atoms with van der Waals surface area (Å²) >= 11 is 0. The van der Waals surface area contributed by atoms with Gasteiger partial charge in [-0.15, -0.1) is 6.42 Å². The maximum atomic E-state index is 14.2. The van der Waals surface area contributed by atoms with E-state index in [0.29, 0.717) is 17.5 Å². The van der Waals surface area contributed by atoms with E-state index in [1.165, 1.54) is 0 Å². The summed E-state index contributed by atoms with van der Waals surface area (Å²) in [4.78, 5) is 42.3. The van der Waals surface area contributed by atoms with Gasteiger partial charge in [0.05, 0.1) is 0 Å². The van der Waals surface area contributed by atoms with Gasteiger partial charge in [-0.05, 0) is 76.5 Å². The highest BCUT2D eigenvalue weighted by Gasteiger charge is 2.48. The Kier molecular flexibility index (Phi) is 10.6. The molecule has 0 saturated heterocycles. The van der Waals surface area contributed by atoms with Gasteiger partial charge < -0.3 is 20.3 Å². The topological polar surface area (TPSA) is 87.7 Å². The minimum Gasteiger partial charge on any atom is -0.444 e. The van der Waals surface area contributed by atoms with Crippen LogP contribution < -0.4 is 10.6 Å². The molecule has 1 fully saturated rings. The summed E-state index contributed by atoms with van der Waals surface area (Å²) in [7, 11) is 0. The second-order valence-electron chi connectivity index (χ2n) is 11.7. The third-order valence-electron chi connectivity index (χ3n) is 6.40. The van der Waals surface area contributed by atoms with Gasteiger partial charge in [0.25, 0.3) is 0 Å². The predicted molar refractivity (Wildman–Crippen MR) is 147 cm³/mol.